The molecule has 1 aromatic heterocycles. The average Bonchev–Trinajstić information content (AvgIpc) is 3.10. The van der Waals surface area contributed by atoms with Gasteiger partial charge in [-0.2, -0.15) is 4.99 Å². The third kappa shape index (κ3) is 3.31. The molecule has 0 aliphatic carbocycles. The highest BCUT2D eigenvalue weighted by molar-refractivity contribution is 7.16. The maximum absolute atomic E-state index is 13.0. The van der Waals surface area contributed by atoms with Crippen LogP contribution in [0.3, 0.4) is 0 Å². The van der Waals surface area contributed by atoms with Gasteiger partial charge >= 0.3 is 0 Å². The number of thiazole rings is 1. The van der Waals surface area contributed by atoms with Crippen LogP contribution >= 0.6 is 11.3 Å². The maximum atomic E-state index is 13.0. The number of benzene rings is 2. The number of nitrogens with zero attached hydrogens (tertiary/aromatic N) is 2. The first-order valence-corrected chi connectivity index (χ1v) is 9.45. The van der Waals surface area contributed by atoms with Crippen LogP contribution in [0.5, 0.6) is 23.0 Å². The summed E-state index contributed by atoms with van der Waals surface area (Å²) in [5, 5.41) is 0. The Morgan fingerprint density at radius 2 is 1.50 bits per heavy atom. The minimum Gasteiger partial charge on any atom is -0.496 e. The fourth-order valence-corrected chi connectivity index (χ4v) is 4.24. The molecule has 3 aromatic rings. The number of carbonyl (C=O) groups excluding carboxylic acids is 1. The predicted octanol–water partition coefficient (Wildman–Crippen LogP) is 3.50. The van der Waals surface area contributed by atoms with E-state index < -0.39 is 5.91 Å². The Balaban J connectivity index is 2.27. The number of methoxy groups -OCH3 is 4. The van der Waals surface area contributed by atoms with Crippen molar-refractivity contribution in [1.82, 2.24) is 4.57 Å². The Bertz CT molecular complexity index is 1060. The first-order valence-electron chi connectivity index (χ1n) is 8.63. The van der Waals surface area contributed by atoms with Gasteiger partial charge in [0.2, 0.25) is 0 Å². The highest BCUT2D eigenvalue weighted by Gasteiger charge is 2.20. The van der Waals surface area contributed by atoms with Gasteiger partial charge in [-0.25, -0.2) is 0 Å². The minimum atomic E-state index is -0.444. The van der Waals surface area contributed by atoms with Gasteiger partial charge in [-0.05, 0) is 31.2 Å². The van der Waals surface area contributed by atoms with Crippen molar-refractivity contribution in [3.63, 3.8) is 0 Å². The second kappa shape index (κ2) is 8.35. The molecule has 0 fully saturated rings. The summed E-state index contributed by atoms with van der Waals surface area (Å²) in [6.07, 6.45) is 0. The summed E-state index contributed by atoms with van der Waals surface area (Å²) in [5.74, 6) is 1.77. The lowest BCUT2D eigenvalue weighted by Gasteiger charge is -2.10. The minimum absolute atomic E-state index is 0.284. The Kier molecular flexibility index (Phi) is 5.89. The summed E-state index contributed by atoms with van der Waals surface area (Å²) in [6, 6.07) is 8.85. The van der Waals surface area contributed by atoms with Crippen molar-refractivity contribution < 1.29 is 23.7 Å². The van der Waals surface area contributed by atoms with E-state index in [4.69, 9.17) is 18.9 Å². The zero-order chi connectivity index (χ0) is 20.3. The molecule has 1 amide bonds. The van der Waals surface area contributed by atoms with Gasteiger partial charge in [0.1, 0.15) is 38.8 Å². The normalized spacial score (nSPS) is 11.5. The van der Waals surface area contributed by atoms with Crippen molar-refractivity contribution >= 4 is 27.5 Å². The number of carbonyl (C=O) groups is 1. The number of fused-ring (bicyclic) bond motifs is 1. The number of ether oxygens (including phenoxy) is 4. The van der Waals surface area contributed by atoms with E-state index in [1.54, 1.807) is 32.4 Å². The predicted molar refractivity (Wildman–Crippen MR) is 108 cm³/mol. The van der Waals surface area contributed by atoms with E-state index in [0.717, 1.165) is 10.2 Å². The summed E-state index contributed by atoms with van der Waals surface area (Å²) < 4.78 is 24.4. The molecule has 0 saturated heterocycles. The molecule has 7 nitrogen and oxygen atoms in total. The summed E-state index contributed by atoms with van der Waals surface area (Å²) >= 11 is 1.37. The molecule has 0 saturated carbocycles. The molecule has 148 valence electrons. The fourth-order valence-electron chi connectivity index (χ4n) is 3.04. The number of amides is 1. The van der Waals surface area contributed by atoms with Gasteiger partial charge in [-0.1, -0.05) is 17.4 Å². The molecule has 0 bridgehead atoms. The second-order valence-electron chi connectivity index (χ2n) is 5.73. The van der Waals surface area contributed by atoms with Crippen LogP contribution in [0.4, 0.5) is 0 Å². The third-order valence-electron chi connectivity index (χ3n) is 4.35. The molecule has 0 aliphatic heterocycles. The number of aryl methyl sites for hydroxylation is 1. The molecule has 8 heteroatoms. The average molecular weight is 402 g/mol. The van der Waals surface area contributed by atoms with Crippen molar-refractivity contribution in [2.75, 3.05) is 28.4 Å². The molecule has 3 rings (SSSR count). The lowest BCUT2D eigenvalue weighted by Crippen LogP contribution is -2.16. The lowest BCUT2D eigenvalue weighted by atomic mass is 10.1. The number of hydrogen-bond acceptors (Lipinski definition) is 6. The van der Waals surface area contributed by atoms with E-state index >= 15 is 0 Å². The van der Waals surface area contributed by atoms with Crippen LogP contribution in [-0.4, -0.2) is 38.9 Å². The topological polar surface area (TPSA) is 71.3 Å². The van der Waals surface area contributed by atoms with E-state index in [2.05, 4.69) is 4.99 Å². The molecule has 0 atom stereocenters. The SMILES string of the molecule is CCn1c(=NC(=O)c2c(OC)cccc2OC)sc2c(OC)ccc(OC)c21. The molecule has 0 spiro atoms. The third-order valence-corrected chi connectivity index (χ3v) is 5.44. The molecule has 28 heavy (non-hydrogen) atoms. The summed E-state index contributed by atoms with van der Waals surface area (Å²) in [5.41, 5.74) is 1.12. The molecule has 1 heterocycles. The summed E-state index contributed by atoms with van der Waals surface area (Å²) in [6.45, 7) is 2.59. The van der Waals surface area contributed by atoms with E-state index in [0.29, 0.717) is 34.3 Å². The van der Waals surface area contributed by atoms with Crippen LogP contribution in [0.2, 0.25) is 0 Å². The largest absolute Gasteiger partial charge is 0.496 e. The summed E-state index contributed by atoms with van der Waals surface area (Å²) in [4.78, 5) is 17.9. The zero-order valence-electron chi connectivity index (χ0n) is 16.4. The zero-order valence-corrected chi connectivity index (χ0v) is 17.3. The van der Waals surface area contributed by atoms with E-state index in [1.807, 2.05) is 23.6 Å². The molecule has 0 unspecified atom stereocenters. The van der Waals surface area contributed by atoms with E-state index in [-0.39, 0.29) is 5.56 Å². The summed E-state index contributed by atoms with van der Waals surface area (Å²) in [7, 11) is 6.24. The Hall–Kier alpha value is -3.00. The van der Waals surface area contributed by atoms with Gasteiger partial charge in [0.15, 0.2) is 4.80 Å². The Labute approximate surface area is 166 Å². The van der Waals surface area contributed by atoms with Crippen molar-refractivity contribution in [1.29, 1.82) is 0 Å². The number of rotatable bonds is 6. The van der Waals surface area contributed by atoms with E-state index in [9.17, 15) is 4.79 Å². The highest BCUT2D eigenvalue weighted by atomic mass is 32.1. The van der Waals surface area contributed by atoms with Gasteiger partial charge in [-0.3, -0.25) is 4.79 Å². The number of aromatic nitrogens is 1. The first-order chi connectivity index (χ1) is 13.6. The van der Waals surface area contributed by atoms with Crippen LogP contribution < -0.4 is 23.7 Å². The van der Waals surface area contributed by atoms with Crippen LogP contribution in [0.15, 0.2) is 35.3 Å². The van der Waals surface area contributed by atoms with E-state index in [1.165, 1.54) is 25.6 Å². The van der Waals surface area contributed by atoms with Gasteiger partial charge in [0.25, 0.3) is 5.91 Å². The van der Waals surface area contributed by atoms with Crippen LogP contribution in [-0.2, 0) is 6.54 Å². The van der Waals surface area contributed by atoms with Crippen LogP contribution in [0, 0.1) is 0 Å². The molecular weight excluding hydrogens is 380 g/mol. The monoisotopic (exact) mass is 402 g/mol. The second-order valence-corrected chi connectivity index (χ2v) is 6.71. The van der Waals surface area contributed by atoms with Crippen molar-refractivity contribution in [2.24, 2.45) is 4.99 Å². The highest BCUT2D eigenvalue weighted by Crippen LogP contribution is 2.35. The van der Waals surface area contributed by atoms with Gasteiger partial charge in [0.05, 0.1) is 28.4 Å². The lowest BCUT2D eigenvalue weighted by molar-refractivity contribution is 0.0992. The Morgan fingerprint density at radius 1 is 0.929 bits per heavy atom. The molecule has 0 N–H and O–H groups in total. The maximum Gasteiger partial charge on any atom is 0.287 e. The van der Waals surface area contributed by atoms with Gasteiger partial charge in [-0.15, -0.1) is 0 Å². The molecule has 0 radical (unpaired) electrons. The van der Waals surface area contributed by atoms with Crippen molar-refractivity contribution in [3.05, 3.63) is 40.7 Å². The first kappa shape index (κ1) is 19.8. The molecular formula is C20H22N2O5S. The van der Waals surface area contributed by atoms with Crippen LogP contribution in [0.25, 0.3) is 10.2 Å². The van der Waals surface area contributed by atoms with Gasteiger partial charge < -0.3 is 23.5 Å². The number of hydrogen-bond donors (Lipinski definition) is 0. The standard InChI is InChI=1S/C20H22N2O5S/c1-6-22-17-14(26-4)10-11-15(27-5)18(17)28-20(22)21-19(23)16-12(24-2)8-7-9-13(16)25-3/h7-11H,6H2,1-5H3. The quantitative estimate of drug-likeness (QED) is 0.631. The van der Waals surface area contributed by atoms with Crippen molar-refractivity contribution in [3.8, 4) is 23.0 Å². The molecule has 0 aliphatic rings. The fraction of sp³-hybridized carbons (Fsp3) is 0.300. The smallest absolute Gasteiger partial charge is 0.287 e. The van der Waals surface area contributed by atoms with Gasteiger partial charge in [0, 0.05) is 6.54 Å². The molecule has 2 aromatic carbocycles. The van der Waals surface area contributed by atoms with Crippen molar-refractivity contribution in [2.45, 2.75) is 13.5 Å². The van der Waals surface area contributed by atoms with Crippen LogP contribution in [0.1, 0.15) is 17.3 Å². The Morgan fingerprint density at radius 3 is 2.04 bits per heavy atom.